The second-order valence-corrected chi connectivity index (χ2v) is 3.84. The average Bonchev–Trinajstić information content (AvgIpc) is 2.81. The Labute approximate surface area is 94.8 Å². The van der Waals surface area contributed by atoms with E-state index in [0.717, 1.165) is 24.1 Å². The number of carbonyl (C=O) groups is 1. The van der Waals surface area contributed by atoms with Gasteiger partial charge in [0.05, 0.1) is 12.8 Å². The summed E-state index contributed by atoms with van der Waals surface area (Å²) in [6.45, 7) is 3.37. The van der Waals surface area contributed by atoms with Gasteiger partial charge in [0.1, 0.15) is 0 Å². The Morgan fingerprint density at radius 3 is 3.00 bits per heavy atom. The highest BCUT2D eigenvalue weighted by atomic mass is 16.5. The molecule has 1 heterocycles. The van der Waals surface area contributed by atoms with Crippen LogP contribution in [-0.4, -0.2) is 19.2 Å². The minimum atomic E-state index is -0.371. The Hall–Kier alpha value is -1.39. The van der Waals surface area contributed by atoms with Crippen LogP contribution in [0.2, 0.25) is 0 Å². The normalized spacial score (nSPS) is 19.9. The van der Waals surface area contributed by atoms with Crippen molar-refractivity contribution < 1.29 is 9.53 Å². The van der Waals surface area contributed by atoms with Gasteiger partial charge in [0.15, 0.2) is 0 Å². The van der Waals surface area contributed by atoms with Crippen molar-refractivity contribution in [2.45, 2.75) is 19.4 Å². The minimum absolute atomic E-state index is 0.0363. The molecule has 1 aromatic rings. The molecule has 0 bridgehead atoms. The van der Waals surface area contributed by atoms with E-state index in [1.54, 1.807) is 6.07 Å². The Morgan fingerprint density at radius 2 is 2.44 bits per heavy atom. The van der Waals surface area contributed by atoms with Crippen molar-refractivity contribution >= 4 is 5.91 Å². The molecule has 1 aliphatic heterocycles. The topological polar surface area (TPSA) is 64.4 Å². The monoisotopic (exact) mass is 220 g/mol. The molecule has 2 rings (SSSR count). The molecular weight excluding hydrogens is 204 g/mol. The van der Waals surface area contributed by atoms with Crippen molar-refractivity contribution in [2.24, 2.45) is 5.73 Å². The van der Waals surface area contributed by atoms with Crippen molar-refractivity contribution in [3.05, 3.63) is 34.9 Å². The molecule has 86 valence electrons. The molecule has 1 aromatic carbocycles. The molecule has 0 aliphatic carbocycles. The molecule has 1 aliphatic rings. The number of ether oxygens (including phenoxy) is 1. The summed E-state index contributed by atoms with van der Waals surface area (Å²) in [5, 5.41) is 3.13. The van der Waals surface area contributed by atoms with E-state index >= 15 is 0 Å². The average molecular weight is 220 g/mol. The second-order valence-electron chi connectivity index (χ2n) is 3.84. The molecule has 4 nitrogen and oxygen atoms in total. The SMILES string of the molecule is CCc1c(C(N)=O)cccc1C1CNCO1. The molecule has 0 spiro atoms. The van der Waals surface area contributed by atoms with Gasteiger partial charge in [-0.1, -0.05) is 19.1 Å². The molecule has 1 saturated heterocycles. The Morgan fingerprint density at radius 1 is 1.62 bits per heavy atom. The van der Waals surface area contributed by atoms with Gasteiger partial charge in [-0.15, -0.1) is 0 Å². The first-order chi connectivity index (χ1) is 7.74. The van der Waals surface area contributed by atoms with Crippen LogP contribution in [0.3, 0.4) is 0 Å². The van der Waals surface area contributed by atoms with Crippen LogP contribution in [0, 0.1) is 0 Å². The van der Waals surface area contributed by atoms with E-state index < -0.39 is 0 Å². The predicted molar refractivity (Wildman–Crippen MR) is 61.0 cm³/mol. The van der Waals surface area contributed by atoms with Crippen LogP contribution in [0.1, 0.15) is 34.5 Å². The van der Waals surface area contributed by atoms with Gasteiger partial charge in [-0.25, -0.2) is 0 Å². The second kappa shape index (κ2) is 4.63. The number of hydrogen-bond donors (Lipinski definition) is 2. The fourth-order valence-electron chi connectivity index (χ4n) is 2.14. The zero-order valence-electron chi connectivity index (χ0n) is 9.32. The Bertz CT molecular complexity index is 398. The molecule has 0 radical (unpaired) electrons. The van der Waals surface area contributed by atoms with Crippen LogP contribution < -0.4 is 11.1 Å². The molecule has 1 atom stereocenters. The summed E-state index contributed by atoms with van der Waals surface area (Å²) in [7, 11) is 0. The van der Waals surface area contributed by atoms with Crippen LogP contribution in [0.25, 0.3) is 0 Å². The Kier molecular flexibility index (Phi) is 3.22. The minimum Gasteiger partial charge on any atom is -0.366 e. The predicted octanol–water partition coefficient (Wildman–Crippen LogP) is 0.966. The van der Waals surface area contributed by atoms with Gasteiger partial charge in [-0.2, -0.15) is 0 Å². The van der Waals surface area contributed by atoms with E-state index in [-0.39, 0.29) is 12.0 Å². The first-order valence-electron chi connectivity index (χ1n) is 5.48. The van der Waals surface area contributed by atoms with E-state index in [1.807, 2.05) is 19.1 Å². The van der Waals surface area contributed by atoms with Crippen LogP contribution in [0.5, 0.6) is 0 Å². The standard InChI is InChI=1S/C12H16N2O2/c1-2-8-9(11-6-14-7-16-11)4-3-5-10(8)12(13)15/h3-5,11,14H,2,6-7H2,1H3,(H2,13,15). The van der Waals surface area contributed by atoms with Crippen LogP contribution in [0.15, 0.2) is 18.2 Å². The number of hydrogen-bond acceptors (Lipinski definition) is 3. The lowest BCUT2D eigenvalue weighted by Crippen LogP contribution is -2.16. The van der Waals surface area contributed by atoms with Crippen molar-refractivity contribution in [3.8, 4) is 0 Å². The summed E-state index contributed by atoms with van der Waals surface area (Å²) >= 11 is 0. The number of nitrogens with one attached hydrogen (secondary N) is 1. The summed E-state index contributed by atoms with van der Waals surface area (Å²) in [4.78, 5) is 11.3. The number of nitrogens with two attached hydrogens (primary N) is 1. The smallest absolute Gasteiger partial charge is 0.248 e. The third-order valence-corrected chi connectivity index (χ3v) is 2.89. The molecule has 4 heteroatoms. The van der Waals surface area contributed by atoms with E-state index in [4.69, 9.17) is 10.5 Å². The quantitative estimate of drug-likeness (QED) is 0.797. The van der Waals surface area contributed by atoms with E-state index in [9.17, 15) is 4.79 Å². The van der Waals surface area contributed by atoms with Gasteiger partial charge in [0.25, 0.3) is 0 Å². The van der Waals surface area contributed by atoms with Crippen LogP contribution >= 0.6 is 0 Å². The molecular formula is C12H16N2O2. The highest BCUT2D eigenvalue weighted by Gasteiger charge is 2.21. The third kappa shape index (κ3) is 1.94. The fraction of sp³-hybridized carbons (Fsp3) is 0.417. The summed E-state index contributed by atoms with van der Waals surface area (Å²) < 4.78 is 5.55. The first kappa shape index (κ1) is 11.1. The number of amides is 1. The van der Waals surface area contributed by atoms with Gasteiger partial charge in [-0.05, 0) is 23.6 Å². The van der Waals surface area contributed by atoms with Crippen molar-refractivity contribution in [1.82, 2.24) is 5.32 Å². The molecule has 16 heavy (non-hydrogen) atoms. The van der Waals surface area contributed by atoms with Crippen LogP contribution in [-0.2, 0) is 11.2 Å². The summed E-state index contributed by atoms with van der Waals surface area (Å²) in [6.07, 6.45) is 0.822. The molecule has 0 aromatic heterocycles. The fourth-order valence-corrected chi connectivity index (χ4v) is 2.14. The zero-order chi connectivity index (χ0) is 11.5. The zero-order valence-corrected chi connectivity index (χ0v) is 9.32. The van der Waals surface area contributed by atoms with E-state index in [0.29, 0.717) is 12.3 Å². The van der Waals surface area contributed by atoms with Crippen LogP contribution in [0.4, 0.5) is 0 Å². The number of rotatable bonds is 3. The lowest BCUT2D eigenvalue weighted by molar-refractivity contribution is 0.0997. The van der Waals surface area contributed by atoms with Crippen molar-refractivity contribution in [1.29, 1.82) is 0 Å². The molecule has 1 fully saturated rings. The first-order valence-corrected chi connectivity index (χ1v) is 5.48. The molecule has 1 amide bonds. The summed E-state index contributed by atoms with van der Waals surface area (Å²) in [5.74, 6) is -0.371. The van der Waals surface area contributed by atoms with Gasteiger partial charge in [-0.3, -0.25) is 10.1 Å². The highest BCUT2D eigenvalue weighted by Crippen LogP contribution is 2.26. The van der Waals surface area contributed by atoms with Gasteiger partial charge in [0.2, 0.25) is 5.91 Å². The molecule has 1 unspecified atom stereocenters. The van der Waals surface area contributed by atoms with Crippen molar-refractivity contribution in [2.75, 3.05) is 13.3 Å². The lowest BCUT2D eigenvalue weighted by Gasteiger charge is -2.15. The van der Waals surface area contributed by atoms with Gasteiger partial charge < -0.3 is 10.5 Å². The maximum absolute atomic E-state index is 11.3. The van der Waals surface area contributed by atoms with Gasteiger partial charge in [0, 0.05) is 12.1 Å². The number of carbonyl (C=O) groups excluding carboxylic acids is 1. The molecule has 0 saturated carbocycles. The number of benzene rings is 1. The largest absolute Gasteiger partial charge is 0.366 e. The maximum Gasteiger partial charge on any atom is 0.248 e. The number of primary amides is 1. The van der Waals surface area contributed by atoms with E-state index in [1.165, 1.54) is 0 Å². The molecule has 3 N–H and O–H groups in total. The third-order valence-electron chi connectivity index (χ3n) is 2.89. The lowest BCUT2D eigenvalue weighted by atomic mass is 9.95. The van der Waals surface area contributed by atoms with E-state index in [2.05, 4.69) is 5.32 Å². The maximum atomic E-state index is 11.3. The Balaban J connectivity index is 2.43. The van der Waals surface area contributed by atoms with Crippen molar-refractivity contribution in [3.63, 3.8) is 0 Å². The summed E-state index contributed by atoms with van der Waals surface area (Å²) in [5.41, 5.74) is 8.05. The summed E-state index contributed by atoms with van der Waals surface area (Å²) in [6, 6.07) is 5.63. The highest BCUT2D eigenvalue weighted by molar-refractivity contribution is 5.94. The van der Waals surface area contributed by atoms with Gasteiger partial charge >= 0.3 is 0 Å².